The molecule has 2 aliphatic rings. The van der Waals surface area contributed by atoms with E-state index >= 15 is 0 Å². The molecule has 0 spiro atoms. The summed E-state index contributed by atoms with van der Waals surface area (Å²) >= 11 is 1.47. The number of carbonyl (C=O) groups is 1. The van der Waals surface area contributed by atoms with E-state index < -0.39 is 0 Å². The van der Waals surface area contributed by atoms with E-state index in [0.717, 1.165) is 51.9 Å². The number of rotatable bonds is 3. The van der Waals surface area contributed by atoms with Crippen molar-refractivity contribution in [3.05, 3.63) is 18.0 Å². The normalized spacial score (nSPS) is 23.9. The Balaban J connectivity index is 1.54. The van der Waals surface area contributed by atoms with Crippen LogP contribution in [-0.2, 0) is 0 Å². The summed E-state index contributed by atoms with van der Waals surface area (Å²) in [5, 5.41) is 10.5. The zero-order valence-electron chi connectivity index (χ0n) is 13.5. The number of nitrogens with zero attached hydrogens (tertiary/aromatic N) is 4. The molecule has 2 saturated heterocycles. The van der Waals surface area contributed by atoms with Gasteiger partial charge in [-0.25, -0.2) is 9.97 Å². The summed E-state index contributed by atoms with van der Waals surface area (Å²) in [5.41, 5.74) is 0.564. The Morgan fingerprint density at radius 1 is 1.22 bits per heavy atom. The molecule has 1 atom stereocenters. The summed E-state index contributed by atoms with van der Waals surface area (Å²) < 4.78 is 0. The lowest BCUT2D eigenvalue weighted by Crippen LogP contribution is -2.50. The van der Waals surface area contributed by atoms with Crippen LogP contribution in [0.5, 0.6) is 0 Å². The first-order valence-corrected chi connectivity index (χ1v) is 9.47. The van der Waals surface area contributed by atoms with Crippen LogP contribution in [0.1, 0.15) is 36.0 Å². The van der Waals surface area contributed by atoms with Gasteiger partial charge in [-0.2, -0.15) is 0 Å². The summed E-state index contributed by atoms with van der Waals surface area (Å²) in [6.45, 7) is 3.38. The highest BCUT2D eigenvalue weighted by atomic mass is 32.2. The second kappa shape index (κ2) is 7.59. The molecule has 0 bridgehead atoms. The van der Waals surface area contributed by atoms with Crippen molar-refractivity contribution in [3.63, 3.8) is 0 Å². The number of aliphatic hydroxyl groups excluding tert-OH is 1. The van der Waals surface area contributed by atoms with Crippen LogP contribution >= 0.6 is 11.8 Å². The number of hydrogen-bond acceptors (Lipinski definition) is 6. The van der Waals surface area contributed by atoms with E-state index in [2.05, 4.69) is 14.9 Å². The van der Waals surface area contributed by atoms with Crippen LogP contribution in [0.25, 0.3) is 0 Å². The van der Waals surface area contributed by atoms with Gasteiger partial charge in [-0.1, -0.05) is 11.8 Å². The zero-order chi connectivity index (χ0) is 16.2. The second-order valence-corrected chi connectivity index (χ2v) is 7.05. The van der Waals surface area contributed by atoms with Crippen LogP contribution in [0.15, 0.2) is 17.6 Å². The number of thioether (sulfide) groups is 1. The molecule has 3 heterocycles. The fourth-order valence-electron chi connectivity index (χ4n) is 3.46. The van der Waals surface area contributed by atoms with E-state index in [1.807, 2.05) is 11.2 Å². The maximum absolute atomic E-state index is 12.5. The Morgan fingerprint density at radius 3 is 2.52 bits per heavy atom. The van der Waals surface area contributed by atoms with Crippen molar-refractivity contribution in [2.45, 2.75) is 43.0 Å². The molecule has 1 aromatic heterocycles. The number of carbonyl (C=O) groups excluding carboxylic acids is 1. The largest absolute Gasteiger partial charge is 0.392 e. The lowest BCUT2D eigenvalue weighted by molar-refractivity contribution is 0.0240. The van der Waals surface area contributed by atoms with Crippen molar-refractivity contribution in [1.82, 2.24) is 19.8 Å². The second-order valence-electron chi connectivity index (χ2n) is 6.27. The first-order valence-electron chi connectivity index (χ1n) is 8.25. The first kappa shape index (κ1) is 16.7. The summed E-state index contributed by atoms with van der Waals surface area (Å²) in [4.78, 5) is 25.2. The number of likely N-dealkylation sites (tertiary alicyclic amines) is 2. The first-order chi connectivity index (χ1) is 11.2. The lowest BCUT2D eigenvalue weighted by atomic mass is 9.98. The van der Waals surface area contributed by atoms with E-state index in [0.29, 0.717) is 16.8 Å². The fraction of sp³-hybridized carbons (Fsp3) is 0.688. The minimum absolute atomic E-state index is 0.0229. The molecule has 6 nitrogen and oxygen atoms in total. The Bertz CT molecular complexity index is 531. The topological polar surface area (TPSA) is 69.6 Å². The van der Waals surface area contributed by atoms with Gasteiger partial charge < -0.3 is 10.0 Å². The molecule has 2 aliphatic heterocycles. The monoisotopic (exact) mass is 336 g/mol. The molecule has 7 heteroatoms. The summed E-state index contributed by atoms with van der Waals surface area (Å²) in [7, 11) is 0. The molecule has 126 valence electrons. The van der Waals surface area contributed by atoms with Crippen LogP contribution in [0.3, 0.4) is 0 Å². The molecule has 0 radical (unpaired) electrons. The van der Waals surface area contributed by atoms with Gasteiger partial charge >= 0.3 is 0 Å². The molecule has 0 aliphatic carbocycles. The Kier molecular flexibility index (Phi) is 5.50. The molecule has 0 unspecified atom stereocenters. The third-order valence-electron chi connectivity index (χ3n) is 4.75. The van der Waals surface area contributed by atoms with Gasteiger partial charge in [0.15, 0.2) is 5.16 Å². The van der Waals surface area contributed by atoms with Crippen LogP contribution in [0, 0.1) is 0 Å². The van der Waals surface area contributed by atoms with E-state index in [9.17, 15) is 9.90 Å². The van der Waals surface area contributed by atoms with Crippen molar-refractivity contribution >= 4 is 17.7 Å². The van der Waals surface area contributed by atoms with Gasteiger partial charge in [0.1, 0.15) is 0 Å². The fourth-order valence-corrected chi connectivity index (χ4v) is 3.78. The quantitative estimate of drug-likeness (QED) is 0.662. The lowest BCUT2D eigenvalue weighted by Gasteiger charge is -2.41. The number of aliphatic hydroxyl groups is 1. The molecular weight excluding hydrogens is 312 g/mol. The predicted molar refractivity (Wildman–Crippen MR) is 89.6 cm³/mol. The maximum Gasteiger partial charge on any atom is 0.256 e. The van der Waals surface area contributed by atoms with Gasteiger partial charge in [0.25, 0.3) is 5.91 Å². The minimum atomic E-state index is -0.185. The van der Waals surface area contributed by atoms with E-state index in [1.54, 1.807) is 12.4 Å². The third-order valence-corrected chi connectivity index (χ3v) is 5.33. The molecular formula is C16H24N4O2S. The van der Waals surface area contributed by atoms with Crippen LogP contribution in [-0.4, -0.2) is 75.4 Å². The number of β-amino-alcohol motifs (C(OH)–C–C–N with tert-alkyl or cyclic N) is 1. The summed E-state index contributed by atoms with van der Waals surface area (Å²) in [5.74, 6) is 0.0229. The van der Waals surface area contributed by atoms with Crippen molar-refractivity contribution in [2.24, 2.45) is 0 Å². The van der Waals surface area contributed by atoms with E-state index in [4.69, 9.17) is 0 Å². The number of aromatic nitrogens is 2. The van der Waals surface area contributed by atoms with Gasteiger partial charge in [-0.05, 0) is 38.5 Å². The van der Waals surface area contributed by atoms with Crippen LogP contribution < -0.4 is 0 Å². The molecule has 0 saturated carbocycles. The van der Waals surface area contributed by atoms with Gasteiger partial charge in [0.2, 0.25) is 0 Å². The van der Waals surface area contributed by atoms with Gasteiger partial charge in [0, 0.05) is 38.1 Å². The van der Waals surface area contributed by atoms with Crippen LogP contribution in [0.4, 0.5) is 0 Å². The molecule has 1 amide bonds. The molecule has 0 aromatic carbocycles. The Morgan fingerprint density at radius 2 is 1.91 bits per heavy atom. The van der Waals surface area contributed by atoms with Crippen molar-refractivity contribution in [2.75, 3.05) is 32.4 Å². The van der Waals surface area contributed by atoms with Gasteiger partial charge in [0.05, 0.1) is 11.7 Å². The average molecular weight is 336 g/mol. The average Bonchev–Trinajstić information content (AvgIpc) is 2.61. The highest BCUT2D eigenvalue weighted by Gasteiger charge is 2.30. The SMILES string of the molecule is CSc1ncc(C(=O)N2CCC(N3CCC[C@H](O)C3)CC2)cn1. The third kappa shape index (κ3) is 4.02. The number of amides is 1. The highest BCUT2D eigenvalue weighted by Crippen LogP contribution is 2.22. The maximum atomic E-state index is 12.5. The minimum Gasteiger partial charge on any atom is -0.392 e. The standard InChI is InChI=1S/C16H24N4O2S/c1-23-16-17-9-12(10-18-16)15(22)19-7-4-13(5-8-19)20-6-2-3-14(21)11-20/h9-10,13-14,21H,2-8,11H2,1H3/t14-/m0/s1. The molecule has 3 rings (SSSR count). The van der Waals surface area contributed by atoms with Crippen molar-refractivity contribution in [3.8, 4) is 0 Å². The van der Waals surface area contributed by atoms with E-state index in [1.165, 1.54) is 11.8 Å². The Labute approximate surface area is 141 Å². The van der Waals surface area contributed by atoms with Crippen molar-refractivity contribution < 1.29 is 9.90 Å². The molecule has 23 heavy (non-hydrogen) atoms. The van der Waals surface area contributed by atoms with E-state index in [-0.39, 0.29) is 12.0 Å². The van der Waals surface area contributed by atoms with Gasteiger partial charge in [-0.15, -0.1) is 0 Å². The molecule has 1 N–H and O–H groups in total. The molecule has 2 fully saturated rings. The summed E-state index contributed by atoms with van der Waals surface area (Å²) in [6, 6.07) is 0.490. The smallest absolute Gasteiger partial charge is 0.256 e. The predicted octanol–water partition coefficient (Wildman–Crippen LogP) is 1.26. The zero-order valence-corrected chi connectivity index (χ0v) is 14.3. The Hall–Kier alpha value is -1.18. The molecule has 1 aromatic rings. The number of hydrogen-bond donors (Lipinski definition) is 1. The highest BCUT2D eigenvalue weighted by molar-refractivity contribution is 7.98. The van der Waals surface area contributed by atoms with Crippen molar-refractivity contribution in [1.29, 1.82) is 0 Å². The van der Waals surface area contributed by atoms with Crippen LogP contribution in [0.2, 0.25) is 0 Å². The van der Waals surface area contributed by atoms with Gasteiger partial charge in [-0.3, -0.25) is 9.69 Å². The number of piperidine rings is 2. The summed E-state index contributed by atoms with van der Waals surface area (Å²) in [6.07, 6.45) is 8.90.